The molecular formula is C19H26O2. The van der Waals surface area contributed by atoms with Gasteiger partial charge in [0.05, 0.1) is 0 Å². The fourth-order valence-electron chi connectivity index (χ4n) is 1.84. The highest BCUT2D eigenvalue weighted by molar-refractivity contribution is 5.36. The average Bonchev–Trinajstić information content (AvgIpc) is 2.43. The Labute approximate surface area is 128 Å². The van der Waals surface area contributed by atoms with E-state index >= 15 is 0 Å². The molecule has 2 N–H and O–H groups in total. The second kappa shape index (κ2) is 7.72. The minimum atomic E-state index is 0.337. The number of aromatic hydroxyl groups is 2. The molecule has 21 heavy (non-hydrogen) atoms. The van der Waals surface area contributed by atoms with Crippen molar-refractivity contribution < 1.29 is 10.2 Å². The van der Waals surface area contributed by atoms with Crippen molar-refractivity contribution in [1.82, 2.24) is 0 Å². The standard InChI is InChI=1S/C10H14O.C9H12O/c1-7(2)9-5-4-8(3)10(11)6-9;1-7(2)8-3-5-9(10)6-4-8/h4-7,11H,1-3H3;3-7,10H,1-2H3. The summed E-state index contributed by atoms with van der Waals surface area (Å²) in [5.41, 5.74) is 3.39. The maximum absolute atomic E-state index is 9.35. The van der Waals surface area contributed by atoms with E-state index in [1.54, 1.807) is 12.1 Å². The quantitative estimate of drug-likeness (QED) is 0.782. The lowest BCUT2D eigenvalue weighted by Gasteiger charge is -2.06. The molecule has 2 nitrogen and oxygen atoms in total. The van der Waals surface area contributed by atoms with Crippen molar-refractivity contribution in [2.45, 2.75) is 46.5 Å². The van der Waals surface area contributed by atoms with Crippen LogP contribution in [-0.2, 0) is 0 Å². The van der Waals surface area contributed by atoms with Gasteiger partial charge in [-0.25, -0.2) is 0 Å². The number of phenols is 2. The number of phenolic OH excluding ortho intramolecular Hbond substituents is 2. The second-order valence-electron chi connectivity index (χ2n) is 5.95. The van der Waals surface area contributed by atoms with Gasteiger partial charge in [0.15, 0.2) is 0 Å². The van der Waals surface area contributed by atoms with Crippen LogP contribution in [0.3, 0.4) is 0 Å². The molecule has 2 heteroatoms. The molecular weight excluding hydrogens is 260 g/mol. The van der Waals surface area contributed by atoms with Gasteiger partial charge in [0.25, 0.3) is 0 Å². The fraction of sp³-hybridized carbons (Fsp3) is 0.368. The van der Waals surface area contributed by atoms with E-state index in [2.05, 4.69) is 33.8 Å². The fourth-order valence-corrected chi connectivity index (χ4v) is 1.84. The van der Waals surface area contributed by atoms with Gasteiger partial charge in [-0.05, 0) is 53.6 Å². The molecule has 2 aromatic carbocycles. The summed E-state index contributed by atoms with van der Waals surface area (Å²) in [6, 6.07) is 13.2. The van der Waals surface area contributed by atoms with E-state index < -0.39 is 0 Å². The Morgan fingerprint density at radius 3 is 1.62 bits per heavy atom. The number of hydrogen-bond donors (Lipinski definition) is 2. The van der Waals surface area contributed by atoms with Crippen LogP contribution < -0.4 is 0 Å². The van der Waals surface area contributed by atoms with Gasteiger partial charge in [-0.15, -0.1) is 0 Å². The zero-order valence-corrected chi connectivity index (χ0v) is 13.6. The van der Waals surface area contributed by atoms with Crippen LogP contribution >= 0.6 is 0 Å². The molecule has 0 aliphatic rings. The van der Waals surface area contributed by atoms with Gasteiger partial charge < -0.3 is 10.2 Å². The summed E-state index contributed by atoms with van der Waals surface area (Å²) >= 11 is 0. The summed E-state index contributed by atoms with van der Waals surface area (Å²) in [5.74, 6) is 1.77. The van der Waals surface area contributed by atoms with Crippen molar-refractivity contribution in [2.75, 3.05) is 0 Å². The molecule has 0 fully saturated rings. The minimum Gasteiger partial charge on any atom is -0.508 e. The molecule has 0 radical (unpaired) electrons. The highest BCUT2D eigenvalue weighted by atomic mass is 16.3. The van der Waals surface area contributed by atoms with E-state index in [1.807, 2.05) is 31.2 Å². The number of benzene rings is 2. The molecule has 0 atom stereocenters. The normalized spacial score (nSPS) is 10.4. The highest BCUT2D eigenvalue weighted by Crippen LogP contribution is 2.22. The van der Waals surface area contributed by atoms with Crippen molar-refractivity contribution in [3.63, 3.8) is 0 Å². The smallest absolute Gasteiger partial charge is 0.118 e. The average molecular weight is 286 g/mol. The van der Waals surface area contributed by atoms with Gasteiger partial charge in [0.2, 0.25) is 0 Å². The molecule has 2 rings (SSSR count). The lowest BCUT2D eigenvalue weighted by atomic mass is 10.0. The Balaban J connectivity index is 0.000000211. The molecule has 0 saturated heterocycles. The molecule has 0 aliphatic heterocycles. The summed E-state index contributed by atoms with van der Waals surface area (Å²) in [7, 11) is 0. The van der Waals surface area contributed by atoms with Gasteiger partial charge in [0.1, 0.15) is 11.5 Å². The maximum atomic E-state index is 9.35. The van der Waals surface area contributed by atoms with Gasteiger partial charge in [-0.3, -0.25) is 0 Å². The third kappa shape index (κ3) is 5.50. The molecule has 0 bridgehead atoms. The number of rotatable bonds is 2. The Hall–Kier alpha value is -1.96. The largest absolute Gasteiger partial charge is 0.508 e. The molecule has 2 aromatic rings. The maximum Gasteiger partial charge on any atom is 0.118 e. The first-order valence-corrected chi connectivity index (χ1v) is 7.39. The van der Waals surface area contributed by atoms with Gasteiger partial charge in [0, 0.05) is 0 Å². The molecule has 0 aromatic heterocycles. The third-order valence-electron chi connectivity index (χ3n) is 3.46. The van der Waals surface area contributed by atoms with E-state index in [9.17, 15) is 5.11 Å². The Morgan fingerprint density at radius 1 is 0.714 bits per heavy atom. The van der Waals surface area contributed by atoms with E-state index in [0.717, 1.165) is 5.56 Å². The van der Waals surface area contributed by atoms with Crippen LogP contribution in [0.15, 0.2) is 42.5 Å². The first-order valence-electron chi connectivity index (χ1n) is 7.39. The SMILES string of the molecule is CC(C)c1ccc(O)cc1.Cc1ccc(C(C)C)cc1O. The van der Waals surface area contributed by atoms with E-state index in [4.69, 9.17) is 5.11 Å². The lowest BCUT2D eigenvalue weighted by molar-refractivity contribution is 0.470. The monoisotopic (exact) mass is 286 g/mol. The molecule has 114 valence electrons. The predicted molar refractivity (Wildman–Crippen MR) is 89.1 cm³/mol. The van der Waals surface area contributed by atoms with Crippen LogP contribution in [0.1, 0.15) is 56.2 Å². The minimum absolute atomic E-state index is 0.337. The summed E-state index contributed by atoms with van der Waals surface area (Å²) in [5, 5.41) is 18.3. The number of hydrogen-bond acceptors (Lipinski definition) is 2. The first-order chi connectivity index (χ1) is 9.81. The topological polar surface area (TPSA) is 40.5 Å². The Morgan fingerprint density at radius 2 is 1.19 bits per heavy atom. The van der Waals surface area contributed by atoms with Crippen molar-refractivity contribution in [2.24, 2.45) is 0 Å². The molecule has 0 amide bonds. The van der Waals surface area contributed by atoms with Crippen molar-refractivity contribution >= 4 is 0 Å². The zero-order valence-electron chi connectivity index (χ0n) is 13.6. The summed E-state index contributed by atoms with van der Waals surface area (Å²) < 4.78 is 0. The van der Waals surface area contributed by atoms with Crippen LogP contribution in [0, 0.1) is 6.92 Å². The summed E-state index contributed by atoms with van der Waals surface area (Å²) in [6.07, 6.45) is 0. The Bertz CT molecular complexity index is 554. The van der Waals surface area contributed by atoms with Crippen molar-refractivity contribution in [3.05, 3.63) is 59.2 Å². The van der Waals surface area contributed by atoms with Crippen LogP contribution in [0.4, 0.5) is 0 Å². The molecule has 0 aliphatic carbocycles. The van der Waals surface area contributed by atoms with Crippen molar-refractivity contribution in [3.8, 4) is 11.5 Å². The summed E-state index contributed by atoms with van der Waals surface area (Å²) in [6.45, 7) is 10.4. The molecule has 0 unspecified atom stereocenters. The third-order valence-corrected chi connectivity index (χ3v) is 3.46. The van der Waals surface area contributed by atoms with Crippen LogP contribution in [0.5, 0.6) is 11.5 Å². The summed E-state index contributed by atoms with van der Waals surface area (Å²) in [4.78, 5) is 0. The van der Waals surface area contributed by atoms with Gasteiger partial charge in [-0.1, -0.05) is 52.0 Å². The van der Waals surface area contributed by atoms with Crippen molar-refractivity contribution in [1.29, 1.82) is 0 Å². The highest BCUT2D eigenvalue weighted by Gasteiger charge is 2.01. The Kier molecular flexibility index (Phi) is 6.29. The number of aryl methyl sites for hydroxylation is 1. The van der Waals surface area contributed by atoms with Crippen LogP contribution in [0.2, 0.25) is 0 Å². The van der Waals surface area contributed by atoms with E-state index in [1.165, 1.54) is 11.1 Å². The van der Waals surface area contributed by atoms with Crippen LogP contribution in [0.25, 0.3) is 0 Å². The zero-order chi connectivity index (χ0) is 16.0. The van der Waals surface area contributed by atoms with Gasteiger partial charge >= 0.3 is 0 Å². The van der Waals surface area contributed by atoms with Crippen LogP contribution in [-0.4, -0.2) is 10.2 Å². The van der Waals surface area contributed by atoms with E-state index in [-0.39, 0.29) is 0 Å². The predicted octanol–water partition coefficient (Wildman–Crippen LogP) is 5.34. The van der Waals surface area contributed by atoms with E-state index in [0.29, 0.717) is 23.3 Å². The molecule has 0 spiro atoms. The lowest BCUT2D eigenvalue weighted by Crippen LogP contribution is -1.86. The molecule has 0 saturated carbocycles. The molecule has 0 heterocycles. The first kappa shape index (κ1) is 17.1. The second-order valence-corrected chi connectivity index (χ2v) is 5.95. The van der Waals surface area contributed by atoms with Gasteiger partial charge in [-0.2, -0.15) is 0 Å².